The maximum atomic E-state index is 4.72. The average Bonchev–Trinajstić information content (AvgIpc) is 2.97. The van der Waals surface area contributed by atoms with E-state index in [1.54, 1.807) is 0 Å². The van der Waals surface area contributed by atoms with E-state index in [1.807, 2.05) is 13.1 Å². The van der Waals surface area contributed by atoms with E-state index < -0.39 is 0 Å². The fourth-order valence-corrected chi connectivity index (χ4v) is 3.55. The third-order valence-electron chi connectivity index (χ3n) is 4.86. The van der Waals surface area contributed by atoms with Crippen LogP contribution < -0.4 is 0 Å². The summed E-state index contributed by atoms with van der Waals surface area (Å²) >= 11 is 0. The number of aromatic amines is 1. The molecule has 1 N–H and O–H groups in total. The summed E-state index contributed by atoms with van der Waals surface area (Å²) in [6, 6.07) is 8.43. The van der Waals surface area contributed by atoms with Gasteiger partial charge in [0, 0.05) is 17.8 Å². The number of aromatic nitrogens is 4. The van der Waals surface area contributed by atoms with Crippen molar-refractivity contribution in [3.05, 3.63) is 53.4 Å². The molecule has 0 saturated carbocycles. The van der Waals surface area contributed by atoms with E-state index in [9.17, 15) is 0 Å². The predicted octanol–water partition coefficient (Wildman–Crippen LogP) is 3.35. The molecule has 1 fully saturated rings. The SMILES string of the molecule is Cc1ccc2nc(CN3CCC(c4ccnc(C)n4)CC3)[nH]c2c1. The maximum Gasteiger partial charge on any atom is 0.125 e. The summed E-state index contributed by atoms with van der Waals surface area (Å²) in [6.45, 7) is 7.14. The van der Waals surface area contributed by atoms with Crippen LogP contribution in [-0.2, 0) is 6.54 Å². The molecule has 0 amide bonds. The van der Waals surface area contributed by atoms with Gasteiger partial charge in [0.05, 0.1) is 17.6 Å². The maximum absolute atomic E-state index is 4.72. The molecule has 3 aromatic rings. The zero-order valence-electron chi connectivity index (χ0n) is 14.3. The molecule has 5 heteroatoms. The van der Waals surface area contributed by atoms with Gasteiger partial charge in [0.15, 0.2) is 0 Å². The minimum absolute atomic E-state index is 0.557. The number of H-pyrrole nitrogens is 1. The second kappa shape index (κ2) is 6.32. The van der Waals surface area contributed by atoms with Gasteiger partial charge in [-0.3, -0.25) is 4.90 Å². The summed E-state index contributed by atoms with van der Waals surface area (Å²) in [5, 5.41) is 0. The fraction of sp³-hybridized carbons (Fsp3) is 0.421. The summed E-state index contributed by atoms with van der Waals surface area (Å²) in [5.74, 6) is 2.49. The molecule has 0 aliphatic carbocycles. The summed E-state index contributed by atoms with van der Waals surface area (Å²) < 4.78 is 0. The van der Waals surface area contributed by atoms with Crippen molar-refractivity contribution in [1.29, 1.82) is 0 Å². The van der Waals surface area contributed by atoms with Crippen LogP contribution in [0.15, 0.2) is 30.5 Å². The first kappa shape index (κ1) is 15.3. The molecule has 0 atom stereocenters. The molecule has 0 bridgehead atoms. The molecule has 3 heterocycles. The monoisotopic (exact) mass is 321 g/mol. The number of imidazole rings is 1. The molecule has 5 nitrogen and oxygen atoms in total. The van der Waals surface area contributed by atoms with E-state index in [2.05, 4.69) is 51.0 Å². The largest absolute Gasteiger partial charge is 0.341 e. The highest BCUT2D eigenvalue weighted by Gasteiger charge is 2.22. The average molecular weight is 321 g/mol. The van der Waals surface area contributed by atoms with E-state index in [-0.39, 0.29) is 0 Å². The predicted molar refractivity (Wildman–Crippen MR) is 94.9 cm³/mol. The Morgan fingerprint density at radius 2 is 1.96 bits per heavy atom. The van der Waals surface area contributed by atoms with Crippen LogP contribution in [0.1, 0.15) is 41.7 Å². The molecule has 124 valence electrons. The Morgan fingerprint density at radius 3 is 2.75 bits per heavy atom. The Morgan fingerprint density at radius 1 is 1.12 bits per heavy atom. The number of benzene rings is 1. The highest BCUT2D eigenvalue weighted by atomic mass is 15.2. The second-order valence-corrected chi connectivity index (χ2v) is 6.78. The van der Waals surface area contributed by atoms with E-state index in [1.165, 1.54) is 11.3 Å². The summed E-state index contributed by atoms with van der Waals surface area (Å²) in [4.78, 5) is 19.5. The fourth-order valence-electron chi connectivity index (χ4n) is 3.55. The number of hydrogen-bond donors (Lipinski definition) is 1. The van der Waals surface area contributed by atoms with Crippen LogP contribution >= 0.6 is 0 Å². The van der Waals surface area contributed by atoms with Crippen molar-refractivity contribution in [2.45, 2.75) is 39.2 Å². The Labute approximate surface area is 142 Å². The number of nitrogens with zero attached hydrogens (tertiary/aromatic N) is 4. The molecule has 0 unspecified atom stereocenters. The van der Waals surface area contributed by atoms with Gasteiger partial charge in [-0.2, -0.15) is 0 Å². The van der Waals surface area contributed by atoms with Crippen LogP contribution in [0.2, 0.25) is 0 Å². The summed E-state index contributed by atoms with van der Waals surface area (Å²) in [6.07, 6.45) is 4.17. The lowest BCUT2D eigenvalue weighted by molar-refractivity contribution is 0.199. The highest BCUT2D eigenvalue weighted by Crippen LogP contribution is 2.27. The molecule has 4 rings (SSSR count). The standard InChI is InChI=1S/C19H23N5/c1-13-3-4-17-18(11-13)23-19(22-17)12-24-9-6-15(7-10-24)16-5-8-20-14(2)21-16/h3-5,8,11,15H,6-7,9-10,12H2,1-2H3,(H,22,23). The number of hydrogen-bond acceptors (Lipinski definition) is 4. The number of nitrogens with one attached hydrogen (secondary N) is 1. The van der Waals surface area contributed by atoms with Crippen LogP contribution in [-0.4, -0.2) is 37.9 Å². The minimum atomic E-state index is 0.557. The Hall–Kier alpha value is -2.27. The third-order valence-corrected chi connectivity index (χ3v) is 4.86. The van der Waals surface area contributed by atoms with Gasteiger partial charge in [0.25, 0.3) is 0 Å². The van der Waals surface area contributed by atoms with Gasteiger partial charge in [-0.1, -0.05) is 6.07 Å². The minimum Gasteiger partial charge on any atom is -0.341 e. The quantitative estimate of drug-likeness (QED) is 0.804. The van der Waals surface area contributed by atoms with Crippen molar-refractivity contribution < 1.29 is 0 Å². The Kier molecular flexibility index (Phi) is 4.02. The third kappa shape index (κ3) is 3.17. The first-order valence-corrected chi connectivity index (χ1v) is 8.64. The van der Waals surface area contributed by atoms with Gasteiger partial charge in [-0.25, -0.2) is 15.0 Å². The molecule has 1 aromatic carbocycles. The van der Waals surface area contributed by atoms with Crippen LogP contribution in [0.4, 0.5) is 0 Å². The van der Waals surface area contributed by atoms with Crippen molar-refractivity contribution in [2.75, 3.05) is 13.1 Å². The normalized spacial score (nSPS) is 16.8. The summed E-state index contributed by atoms with van der Waals surface area (Å²) in [5.41, 5.74) is 4.65. The van der Waals surface area contributed by atoms with Gasteiger partial charge in [-0.05, 0) is 63.5 Å². The lowest BCUT2D eigenvalue weighted by Crippen LogP contribution is -2.33. The smallest absolute Gasteiger partial charge is 0.125 e. The topological polar surface area (TPSA) is 57.7 Å². The molecular weight excluding hydrogens is 298 g/mol. The molecule has 2 aromatic heterocycles. The first-order valence-electron chi connectivity index (χ1n) is 8.64. The molecule has 1 aliphatic rings. The van der Waals surface area contributed by atoms with Gasteiger partial charge >= 0.3 is 0 Å². The Balaban J connectivity index is 1.40. The van der Waals surface area contributed by atoms with Crippen LogP contribution in [0.5, 0.6) is 0 Å². The second-order valence-electron chi connectivity index (χ2n) is 6.78. The lowest BCUT2D eigenvalue weighted by Gasteiger charge is -2.31. The highest BCUT2D eigenvalue weighted by molar-refractivity contribution is 5.75. The molecule has 0 spiro atoms. The van der Waals surface area contributed by atoms with Gasteiger partial charge < -0.3 is 4.98 Å². The number of fused-ring (bicyclic) bond motifs is 1. The molecule has 24 heavy (non-hydrogen) atoms. The van der Waals surface area contributed by atoms with Crippen molar-refractivity contribution in [3.8, 4) is 0 Å². The zero-order chi connectivity index (χ0) is 16.5. The first-order chi connectivity index (χ1) is 11.7. The van der Waals surface area contributed by atoms with Crippen molar-refractivity contribution in [2.24, 2.45) is 0 Å². The van der Waals surface area contributed by atoms with Crippen LogP contribution in [0.25, 0.3) is 11.0 Å². The van der Waals surface area contributed by atoms with Crippen molar-refractivity contribution in [1.82, 2.24) is 24.8 Å². The lowest BCUT2D eigenvalue weighted by atomic mass is 9.93. The van der Waals surface area contributed by atoms with Gasteiger partial charge in [0.1, 0.15) is 11.6 Å². The summed E-state index contributed by atoms with van der Waals surface area (Å²) in [7, 11) is 0. The zero-order valence-corrected chi connectivity index (χ0v) is 14.3. The van der Waals surface area contributed by atoms with Crippen LogP contribution in [0, 0.1) is 13.8 Å². The molecule has 1 saturated heterocycles. The number of aryl methyl sites for hydroxylation is 2. The van der Waals surface area contributed by atoms with Crippen molar-refractivity contribution in [3.63, 3.8) is 0 Å². The van der Waals surface area contributed by atoms with E-state index in [4.69, 9.17) is 4.98 Å². The number of piperidine rings is 1. The number of rotatable bonds is 3. The molecule has 0 radical (unpaired) electrons. The van der Waals surface area contributed by atoms with Gasteiger partial charge in [0.2, 0.25) is 0 Å². The van der Waals surface area contributed by atoms with Crippen LogP contribution in [0.3, 0.4) is 0 Å². The van der Waals surface area contributed by atoms with Crippen molar-refractivity contribution >= 4 is 11.0 Å². The van der Waals surface area contributed by atoms with E-state index in [0.29, 0.717) is 5.92 Å². The van der Waals surface area contributed by atoms with E-state index in [0.717, 1.165) is 55.2 Å². The van der Waals surface area contributed by atoms with Gasteiger partial charge in [-0.15, -0.1) is 0 Å². The van der Waals surface area contributed by atoms with E-state index >= 15 is 0 Å². The molecular formula is C19H23N5. The molecule has 1 aliphatic heterocycles. The Bertz CT molecular complexity index is 846. The number of likely N-dealkylation sites (tertiary alicyclic amines) is 1.